The molecule has 0 amide bonds. The quantitative estimate of drug-likeness (QED) is 0.641. The minimum Gasteiger partial charge on any atom is -0.481 e. The monoisotopic (exact) mass is 191 g/mol. The summed E-state index contributed by atoms with van der Waals surface area (Å²) in [5, 5.41) is 8.75. The summed E-state index contributed by atoms with van der Waals surface area (Å²) in [4.78, 5) is 10.6. The number of carboxylic acids is 1. The Hall–Kier alpha value is -0.540. The van der Waals surface area contributed by atoms with Gasteiger partial charge in [-0.2, -0.15) is 0 Å². The van der Waals surface area contributed by atoms with Gasteiger partial charge in [0.1, 0.15) is 0 Å². The third-order valence-electron chi connectivity index (χ3n) is 2.18. The number of rotatable bonds is 2. The molecular formula is C8H14ClNO2. The topological polar surface area (TPSA) is 63.3 Å². The summed E-state index contributed by atoms with van der Waals surface area (Å²) < 4.78 is 0. The van der Waals surface area contributed by atoms with Crippen LogP contribution >= 0.6 is 12.4 Å². The van der Waals surface area contributed by atoms with E-state index in [1.54, 1.807) is 0 Å². The van der Waals surface area contributed by atoms with Crippen LogP contribution < -0.4 is 5.73 Å². The molecule has 3 N–H and O–H groups in total. The van der Waals surface area contributed by atoms with Gasteiger partial charge >= 0.3 is 5.97 Å². The molecule has 2 atom stereocenters. The first kappa shape index (κ1) is 11.5. The van der Waals surface area contributed by atoms with E-state index >= 15 is 0 Å². The van der Waals surface area contributed by atoms with E-state index in [-0.39, 0.29) is 24.2 Å². The third-order valence-corrected chi connectivity index (χ3v) is 2.18. The van der Waals surface area contributed by atoms with Crippen molar-refractivity contribution in [1.82, 2.24) is 0 Å². The van der Waals surface area contributed by atoms with Crippen LogP contribution in [0.25, 0.3) is 0 Å². The van der Waals surface area contributed by atoms with Gasteiger partial charge in [-0.15, -0.1) is 12.4 Å². The SMILES string of the molecule is Cl.NC[C@@H]1CC=CC[C@@H]1C(=O)O. The summed E-state index contributed by atoms with van der Waals surface area (Å²) in [6, 6.07) is 0. The zero-order valence-corrected chi connectivity index (χ0v) is 7.59. The van der Waals surface area contributed by atoms with Crippen molar-refractivity contribution < 1.29 is 9.90 Å². The Morgan fingerprint density at radius 3 is 2.50 bits per heavy atom. The van der Waals surface area contributed by atoms with Gasteiger partial charge in [0, 0.05) is 0 Å². The maximum absolute atomic E-state index is 10.6. The van der Waals surface area contributed by atoms with Gasteiger partial charge in [0.05, 0.1) is 5.92 Å². The molecule has 4 heteroatoms. The normalized spacial score (nSPS) is 27.8. The summed E-state index contributed by atoms with van der Waals surface area (Å²) in [5.74, 6) is -0.840. The Morgan fingerprint density at radius 2 is 2.08 bits per heavy atom. The second-order valence-electron chi connectivity index (χ2n) is 2.88. The molecule has 0 aliphatic heterocycles. The van der Waals surface area contributed by atoms with Crippen molar-refractivity contribution in [3.8, 4) is 0 Å². The second kappa shape index (κ2) is 5.17. The molecule has 1 aliphatic rings. The van der Waals surface area contributed by atoms with E-state index < -0.39 is 5.97 Å². The molecule has 0 aromatic rings. The Morgan fingerprint density at radius 1 is 1.50 bits per heavy atom. The predicted molar refractivity (Wildman–Crippen MR) is 49.3 cm³/mol. The minimum atomic E-state index is -0.718. The smallest absolute Gasteiger partial charge is 0.307 e. The fraction of sp³-hybridized carbons (Fsp3) is 0.625. The third kappa shape index (κ3) is 2.50. The minimum absolute atomic E-state index is 0. The lowest BCUT2D eigenvalue weighted by Gasteiger charge is -2.23. The average molecular weight is 192 g/mol. The van der Waals surface area contributed by atoms with Crippen LogP contribution in [-0.2, 0) is 4.79 Å². The first-order chi connectivity index (χ1) is 5.25. The largest absolute Gasteiger partial charge is 0.481 e. The van der Waals surface area contributed by atoms with Gasteiger partial charge in [0.15, 0.2) is 0 Å². The molecule has 0 fully saturated rings. The number of hydrogen-bond donors (Lipinski definition) is 2. The van der Waals surface area contributed by atoms with Crippen LogP contribution in [0.15, 0.2) is 12.2 Å². The number of allylic oxidation sites excluding steroid dienone is 2. The van der Waals surface area contributed by atoms with Gasteiger partial charge < -0.3 is 10.8 Å². The van der Waals surface area contributed by atoms with Crippen LogP contribution in [0.1, 0.15) is 12.8 Å². The van der Waals surface area contributed by atoms with Crippen LogP contribution in [0.3, 0.4) is 0 Å². The van der Waals surface area contributed by atoms with Crippen LogP contribution in [0.5, 0.6) is 0 Å². The van der Waals surface area contributed by atoms with Crippen molar-refractivity contribution in [3.63, 3.8) is 0 Å². The molecule has 0 saturated heterocycles. The molecule has 1 aliphatic carbocycles. The lowest BCUT2D eigenvalue weighted by molar-refractivity contribution is -0.143. The Bertz CT molecular complexity index is 182. The second-order valence-corrected chi connectivity index (χ2v) is 2.88. The molecule has 1 rings (SSSR count). The van der Waals surface area contributed by atoms with E-state index in [0.717, 1.165) is 6.42 Å². The maximum Gasteiger partial charge on any atom is 0.307 e. The van der Waals surface area contributed by atoms with Crippen LogP contribution in [0.2, 0.25) is 0 Å². The number of aliphatic carboxylic acids is 1. The van der Waals surface area contributed by atoms with E-state index in [2.05, 4.69) is 0 Å². The Labute approximate surface area is 78.0 Å². The van der Waals surface area contributed by atoms with Gasteiger partial charge in [0.25, 0.3) is 0 Å². The number of carbonyl (C=O) groups is 1. The van der Waals surface area contributed by atoms with Gasteiger partial charge in [-0.25, -0.2) is 0 Å². The molecule has 3 nitrogen and oxygen atoms in total. The van der Waals surface area contributed by atoms with Crippen molar-refractivity contribution in [3.05, 3.63) is 12.2 Å². The molecule has 0 radical (unpaired) electrons. The Balaban J connectivity index is 0.00000121. The molecule has 0 bridgehead atoms. The van der Waals surface area contributed by atoms with Gasteiger partial charge in [-0.3, -0.25) is 4.79 Å². The van der Waals surface area contributed by atoms with E-state index in [1.807, 2.05) is 12.2 Å². The summed E-state index contributed by atoms with van der Waals surface area (Å²) in [6.07, 6.45) is 5.38. The molecule has 0 aromatic carbocycles. The van der Waals surface area contributed by atoms with Crippen molar-refractivity contribution >= 4 is 18.4 Å². The molecular weight excluding hydrogens is 178 g/mol. The fourth-order valence-electron chi connectivity index (χ4n) is 1.43. The summed E-state index contributed by atoms with van der Waals surface area (Å²) in [7, 11) is 0. The van der Waals surface area contributed by atoms with Crippen LogP contribution in [-0.4, -0.2) is 17.6 Å². The molecule has 0 saturated carbocycles. The average Bonchev–Trinajstić information content (AvgIpc) is 2.04. The van der Waals surface area contributed by atoms with Gasteiger partial charge in [-0.05, 0) is 25.3 Å². The fourth-order valence-corrected chi connectivity index (χ4v) is 1.43. The van der Waals surface area contributed by atoms with Crippen LogP contribution in [0, 0.1) is 11.8 Å². The molecule has 70 valence electrons. The Kier molecular flexibility index (Phi) is 4.93. The molecule has 0 aromatic heterocycles. The zero-order chi connectivity index (χ0) is 8.27. The first-order valence-corrected chi connectivity index (χ1v) is 3.83. The highest BCUT2D eigenvalue weighted by atomic mass is 35.5. The number of nitrogens with two attached hydrogens (primary N) is 1. The summed E-state index contributed by atoms with van der Waals surface area (Å²) >= 11 is 0. The molecule has 12 heavy (non-hydrogen) atoms. The number of carboxylic acid groups (broad SMARTS) is 1. The van der Waals surface area contributed by atoms with E-state index in [4.69, 9.17) is 10.8 Å². The van der Waals surface area contributed by atoms with Crippen molar-refractivity contribution in [2.75, 3.05) is 6.54 Å². The molecule has 0 spiro atoms. The van der Waals surface area contributed by atoms with E-state index in [1.165, 1.54) is 0 Å². The lowest BCUT2D eigenvalue weighted by Crippen LogP contribution is -2.30. The molecule has 0 heterocycles. The maximum atomic E-state index is 10.6. The van der Waals surface area contributed by atoms with Gasteiger partial charge in [0.2, 0.25) is 0 Å². The van der Waals surface area contributed by atoms with Crippen molar-refractivity contribution in [1.29, 1.82) is 0 Å². The lowest BCUT2D eigenvalue weighted by atomic mass is 9.83. The number of halogens is 1. The van der Waals surface area contributed by atoms with Crippen LogP contribution in [0.4, 0.5) is 0 Å². The van der Waals surface area contributed by atoms with E-state index in [0.29, 0.717) is 13.0 Å². The number of hydrogen-bond acceptors (Lipinski definition) is 2. The highest BCUT2D eigenvalue weighted by Gasteiger charge is 2.26. The summed E-state index contributed by atoms with van der Waals surface area (Å²) in [6.45, 7) is 0.474. The summed E-state index contributed by atoms with van der Waals surface area (Å²) in [5.41, 5.74) is 5.43. The van der Waals surface area contributed by atoms with Crippen molar-refractivity contribution in [2.24, 2.45) is 17.6 Å². The van der Waals surface area contributed by atoms with Gasteiger partial charge in [-0.1, -0.05) is 12.2 Å². The zero-order valence-electron chi connectivity index (χ0n) is 6.77. The molecule has 0 unspecified atom stereocenters. The highest BCUT2D eigenvalue weighted by molar-refractivity contribution is 5.85. The van der Waals surface area contributed by atoms with E-state index in [9.17, 15) is 4.79 Å². The standard InChI is InChI=1S/C8H13NO2.ClH/c9-5-6-3-1-2-4-7(6)8(10)11;/h1-2,6-7H,3-5,9H2,(H,10,11);1H/t6-,7-;/m0./s1. The highest BCUT2D eigenvalue weighted by Crippen LogP contribution is 2.24. The first-order valence-electron chi connectivity index (χ1n) is 3.83. The predicted octanol–water partition coefficient (Wildman–Crippen LogP) is 1.03. The van der Waals surface area contributed by atoms with Crippen molar-refractivity contribution in [2.45, 2.75) is 12.8 Å².